The summed E-state index contributed by atoms with van der Waals surface area (Å²) in [4.78, 5) is 18.2. The Kier molecular flexibility index (Phi) is 3.86. The van der Waals surface area contributed by atoms with Crippen LogP contribution in [0.3, 0.4) is 0 Å². The smallest absolute Gasteiger partial charge is 0.307 e. The van der Waals surface area contributed by atoms with Crippen molar-refractivity contribution in [1.82, 2.24) is 15.0 Å². The second-order valence-electron chi connectivity index (χ2n) is 4.70. The highest BCUT2D eigenvalue weighted by Gasteiger charge is 2.28. The minimum absolute atomic E-state index is 0.286. The SMILES string of the molecule is O=C(O)C1CCN(Cc2nc(-c3cc(Br)cs3)no2)C1. The van der Waals surface area contributed by atoms with Gasteiger partial charge < -0.3 is 9.63 Å². The lowest BCUT2D eigenvalue weighted by Crippen LogP contribution is -2.22. The minimum Gasteiger partial charge on any atom is -0.481 e. The molecule has 2 aromatic heterocycles. The Bertz CT molecular complexity index is 627. The third kappa shape index (κ3) is 2.92. The molecule has 0 bridgehead atoms. The van der Waals surface area contributed by atoms with Gasteiger partial charge in [0.1, 0.15) is 0 Å². The van der Waals surface area contributed by atoms with Crippen LogP contribution in [0.1, 0.15) is 12.3 Å². The van der Waals surface area contributed by atoms with E-state index in [1.807, 2.05) is 16.3 Å². The molecule has 3 heterocycles. The molecule has 20 heavy (non-hydrogen) atoms. The highest BCUT2D eigenvalue weighted by atomic mass is 79.9. The third-order valence-electron chi connectivity index (χ3n) is 3.24. The molecule has 1 N–H and O–H groups in total. The fraction of sp³-hybridized carbons (Fsp3) is 0.417. The second kappa shape index (κ2) is 5.63. The molecule has 0 spiro atoms. The van der Waals surface area contributed by atoms with E-state index >= 15 is 0 Å². The summed E-state index contributed by atoms with van der Waals surface area (Å²) in [6, 6.07) is 1.94. The zero-order valence-corrected chi connectivity index (χ0v) is 12.9. The molecule has 1 unspecified atom stereocenters. The average Bonchev–Trinajstić information content (AvgIpc) is 3.09. The molecule has 1 aliphatic rings. The highest BCUT2D eigenvalue weighted by Crippen LogP contribution is 2.28. The summed E-state index contributed by atoms with van der Waals surface area (Å²) in [6.07, 6.45) is 0.675. The van der Waals surface area contributed by atoms with Gasteiger partial charge in [0.2, 0.25) is 11.7 Å². The fourth-order valence-corrected chi connectivity index (χ4v) is 3.57. The zero-order chi connectivity index (χ0) is 14.1. The zero-order valence-electron chi connectivity index (χ0n) is 10.5. The van der Waals surface area contributed by atoms with Gasteiger partial charge in [0.05, 0.1) is 17.3 Å². The average molecular weight is 358 g/mol. The first-order valence-corrected chi connectivity index (χ1v) is 7.81. The number of likely N-dealkylation sites (tertiary alicyclic amines) is 1. The Morgan fingerprint density at radius 3 is 3.15 bits per heavy atom. The Morgan fingerprint density at radius 2 is 2.50 bits per heavy atom. The van der Waals surface area contributed by atoms with E-state index in [0.29, 0.717) is 31.2 Å². The molecule has 2 aromatic rings. The Balaban J connectivity index is 1.65. The van der Waals surface area contributed by atoms with Crippen molar-refractivity contribution in [3.05, 3.63) is 21.8 Å². The topological polar surface area (TPSA) is 79.5 Å². The third-order valence-corrected chi connectivity index (χ3v) is 4.92. The molecule has 1 saturated heterocycles. The van der Waals surface area contributed by atoms with Crippen LogP contribution in [0.5, 0.6) is 0 Å². The van der Waals surface area contributed by atoms with Crippen LogP contribution >= 0.6 is 27.3 Å². The summed E-state index contributed by atoms with van der Waals surface area (Å²) < 4.78 is 6.22. The maximum Gasteiger partial charge on any atom is 0.307 e. The van der Waals surface area contributed by atoms with Gasteiger partial charge in [0.15, 0.2) is 0 Å². The number of nitrogens with zero attached hydrogens (tertiary/aromatic N) is 3. The monoisotopic (exact) mass is 357 g/mol. The van der Waals surface area contributed by atoms with Gasteiger partial charge in [-0.1, -0.05) is 5.16 Å². The number of hydrogen-bond donors (Lipinski definition) is 1. The van der Waals surface area contributed by atoms with E-state index < -0.39 is 5.97 Å². The molecule has 106 valence electrons. The molecule has 8 heteroatoms. The second-order valence-corrected chi connectivity index (χ2v) is 6.53. The van der Waals surface area contributed by atoms with Crippen LogP contribution in [0.2, 0.25) is 0 Å². The lowest BCUT2D eigenvalue weighted by molar-refractivity contribution is -0.141. The summed E-state index contributed by atoms with van der Waals surface area (Å²) in [5, 5.41) is 14.9. The van der Waals surface area contributed by atoms with Crippen LogP contribution in [0, 0.1) is 5.92 Å². The van der Waals surface area contributed by atoms with Crippen LogP contribution in [-0.4, -0.2) is 39.2 Å². The number of carbonyl (C=O) groups is 1. The molecule has 0 saturated carbocycles. The van der Waals surface area contributed by atoms with Crippen molar-refractivity contribution in [1.29, 1.82) is 0 Å². The van der Waals surface area contributed by atoms with Crippen molar-refractivity contribution < 1.29 is 14.4 Å². The minimum atomic E-state index is -0.734. The number of halogens is 1. The Morgan fingerprint density at radius 1 is 1.65 bits per heavy atom. The van der Waals surface area contributed by atoms with E-state index in [9.17, 15) is 4.79 Å². The molecule has 1 fully saturated rings. The normalized spacial score (nSPS) is 19.6. The summed E-state index contributed by atoms with van der Waals surface area (Å²) in [5.41, 5.74) is 0. The molecule has 6 nitrogen and oxygen atoms in total. The number of aromatic nitrogens is 2. The van der Waals surface area contributed by atoms with Crippen molar-refractivity contribution in [2.75, 3.05) is 13.1 Å². The van der Waals surface area contributed by atoms with Gasteiger partial charge in [-0.05, 0) is 35.0 Å². The maximum absolute atomic E-state index is 10.9. The van der Waals surface area contributed by atoms with Crippen LogP contribution in [0.25, 0.3) is 10.7 Å². The van der Waals surface area contributed by atoms with E-state index in [-0.39, 0.29) is 5.92 Å². The quantitative estimate of drug-likeness (QED) is 0.905. The lowest BCUT2D eigenvalue weighted by atomic mass is 10.1. The Labute approximate surface area is 127 Å². The van der Waals surface area contributed by atoms with Crippen molar-refractivity contribution in [2.24, 2.45) is 5.92 Å². The number of carboxylic acids is 1. The molecule has 0 radical (unpaired) electrons. The number of carboxylic acid groups (broad SMARTS) is 1. The van der Waals surface area contributed by atoms with Gasteiger partial charge >= 0.3 is 5.97 Å². The highest BCUT2D eigenvalue weighted by molar-refractivity contribution is 9.10. The molecule has 0 amide bonds. The maximum atomic E-state index is 10.9. The van der Waals surface area contributed by atoms with Gasteiger partial charge in [-0.15, -0.1) is 11.3 Å². The number of rotatable bonds is 4. The van der Waals surface area contributed by atoms with Gasteiger partial charge in [-0.25, -0.2) is 0 Å². The molecule has 0 aromatic carbocycles. The molecular weight excluding hydrogens is 346 g/mol. The van der Waals surface area contributed by atoms with E-state index in [2.05, 4.69) is 26.1 Å². The van der Waals surface area contributed by atoms with Crippen LogP contribution in [-0.2, 0) is 11.3 Å². The molecule has 3 rings (SSSR count). The first-order valence-electron chi connectivity index (χ1n) is 6.14. The fourth-order valence-electron chi connectivity index (χ4n) is 2.22. The van der Waals surface area contributed by atoms with E-state index in [0.717, 1.165) is 15.9 Å². The van der Waals surface area contributed by atoms with Crippen molar-refractivity contribution in [3.8, 4) is 10.7 Å². The van der Waals surface area contributed by atoms with Crippen molar-refractivity contribution in [2.45, 2.75) is 13.0 Å². The predicted octanol–water partition coefficient (Wildman–Crippen LogP) is 2.47. The van der Waals surface area contributed by atoms with Crippen molar-refractivity contribution in [3.63, 3.8) is 0 Å². The molecule has 1 aliphatic heterocycles. The van der Waals surface area contributed by atoms with E-state index in [4.69, 9.17) is 9.63 Å². The van der Waals surface area contributed by atoms with E-state index in [1.54, 1.807) is 0 Å². The molecular formula is C12H12BrN3O3S. The molecule has 0 aliphatic carbocycles. The van der Waals surface area contributed by atoms with Gasteiger partial charge in [0.25, 0.3) is 0 Å². The summed E-state index contributed by atoms with van der Waals surface area (Å²) in [6.45, 7) is 1.79. The van der Waals surface area contributed by atoms with Crippen LogP contribution in [0.15, 0.2) is 20.4 Å². The number of hydrogen-bond acceptors (Lipinski definition) is 6. The summed E-state index contributed by atoms with van der Waals surface area (Å²) in [5.74, 6) is 0.0769. The predicted molar refractivity (Wildman–Crippen MR) is 76.3 cm³/mol. The van der Waals surface area contributed by atoms with Gasteiger partial charge in [-0.3, -0.25) is 9.69 Å². The van der Waals surface area contributed by atoms with E-state index in [1.165, 1.54) is 11.3 Å². The number of aliphatic carboxylic acids is 1. The van der Waals surface area contributed by atoms with Crippen LogP contribution in [0.4, 0.5) is 0 Å². The first kappa shape index (κ1) is 13.7. The Hall–Kier alpha value is -1.25. The van der Waals surface area contributed by atoms with Gasteiger partial charge in [-0.2, -0.15) is 4.98 Å². The van der Waals surface area contributed by atoms with Crippen LogP contribution < -0.4 is 0 Å². The largest absolute Gasteiger partial charge is 0.481 e. The van der Waals surface area contributed by atoms with Gasteiger partial charge in [0, 0.05) is 16.4 Å². The number of thiophene rings is 1. The van der Waals surface area contributed by atoms with Crippen molar-refractivity contribution >= 4 is 33.2 Å². The lowest BCUT2D eigenvalue weighted by Gasteiger charge is -2.11. The summed E-state index contributed by atoms with van der Waals surface area (Å²) >= 11 is 4.93. The first-order chi connectivity index (χ1) is 9.61. The molecule has 1 atom stereocenters. The summed E-state index contributed by atoms with van der Waals surface area (Å²) in [7, 11) is 0. The standard InChI is InChI=1S/C12H12BrN3O3S/c13-8-3-9(20-6-8)11-14-10(19-15-11)5-16-2-1-7(4-16)12(17)18/h3,6-7H,1-2,4-5H2,(H,17,18).